The molecule has 0 radical (unpaired) electrons. The molecule has 216 valence electrons. The molecule has 0 bridgehead atoms. The van der Waals surface area contributed by atoms with Crippen molar-refractivity contribution in [3.63, 3.8) is 0 Å². The van der Waals surface area contributed by atoms with Crippen LogP contribution in [0, 0.1) is 0 Å². The number of hydrogen-bond acceptors (Lipinski definition) is 7. The van der Waals surface area contributed by atoms with Crippen LogP contribution in [0.4, 0.5) is 0 Å². The van der Waals surface area contributed by atoms with E-state index in [4.69, 9.17) is 4.74 Å². The third kappa shape index (κ3) is 8.38. The third-order valence-corrected chi connectivity index (χ3v) is 9.83. The first kappa shape index (κ1) is 30.2. The lowest BCUT2D eigenvalue weighted by Gasteiger charge is -2.14. The van der Waals surface area contributed by atoms with Gasteiger partial charge in [-0.15, -0.1) is 0 Å². The first-order valence-corrected chi connectivity index (χ1v) is 15.7. The lowest BCUT2D eigenvalue weighted by atomic mass is 10.0. The predicted molar refractivity (Wildman–Crippen MR) is 156 cm³/mol. The van der Waals surface area contributed by atoms with Gasteiger partial charge >= 0.3 is 0 Å². The molecule has 0 spiro atoms. The highest BCUT2D eigenvalue weighted by Gasteiger charge is 2.30. The van der Waals surface area contributed by atoms with Gasteiger partial charge < -0.3 is 25.4 Å². The highest BCUT2D eigenvalue weighted by Crippen LogP contribution is 2.30. The Balaban J connectivity index is 1.15. The molecule has 0 saturated heterocycles. The lowest BCUT2D eigenvalue weighted by Crippen LogP contribution is -2.23. The minimum Gasteiger partial charge on any atom is -0.508 e. The smallest absolute Gasteiger partial charge is 0.181 e. The van der Waals surface area contributed by atoms with Crippen LogP contribution in [0.2, 0.25) is 0 Å². The Bertz CT molecular complexity index is 1340. The van der Waals surface area contributed by atoms with Crippen molar-refractivity contribution in [1.82, 2.24) is 5.32 Å². The fourth-order valence-corrected chi connectivity index (χ4v) is 7.16. The maximum absolute atomic E-state index is 12.9. The molecule has 8 heteroatoms. The van der Waals surface area contributed by atoms with E-state index in [0.717, 1.165) is 56.1 Å². The predicted octanol–water partition coefficient (Wildman–Crippen LogP) is 4.62. The monoisotopic (exact) mass is 567 g/mol. The zero-order chi connectivity index (χ0) is 28.4. The van der Waals surface area contributed by atoms with E-state index in [1.165, 1.54) is 11.6 Å². The van der Waals surface area contributed by atoms with Crippen LogP contribution in [0.15, 0.2) is 71.6 Å². The molecule has 3 aromatic rings. The van der Waals surface area contributed by atoms with Gasteiger partial charge in [0.15, 0.2) is 9.84 Å². The minimum absolute atomic E-state index is 0.0208. The standard InChI is InChI=1S/C32H41NO6S/c34-22-28-20-27(13-14-31(28)35)32(36)21-33-16-15-25-6-3-8-26(18-25)23-39-17-5-9-24-7-4-12-30(19-24)40(37,38)29-10-1-2-11-29/h3-4,6-8,12-14,18-20,29,32-36H,1-2,5,9-11,15-17,21-23H2. The van der Waals surface area contributed by atoms with E-state index in [9.17, 15) is 23.7 Å². The molecule has 0 aromatic heterocycles. The van der Waals surface area contributed by atoms with Gasteiger partial charge in [-0.05, 0) is 85.2 Å². The van der Waals surface area contributed by atoms with Gasteiger partial charge in [0.1, 0.15) is 5.75 Å². The van der Waals surface area contributed by atoms with Crippen LogP contribution in [0.3, 0.4) is 0 Å². The molecule has 0 heterocycles. The van der Waals surface area contributed by atoms with Crippen molar-refractivity contribution in [3.05, 3.63) is 94.5 Å². The Morgan fingerprint density at radius 1 is 0.925 bits per heavy atom. The third-order valence-electron chi connectivity index (χ3n) is 7.57. The summed E-state index contributed by atoms with van der Waals surface area (Å²) >= 11 is 0. The van der Waals surface area contributed by atoms with E-state index in [1.54, 1.807) is 18.2 Å². The first-order valence-electron chi connectivity index (χ1n) is 14.2. The van der Waals surface area contributed by atoms with Crippen molar-refractivity contribution >= 4 is 9.84 Å². The number of ether oxygens (including phenoxy) is 1. The van der Waals surface area contributed by atoms with Gasteiger partial charge in [-0.25, -0.2) is 8.42 Å². The molecule has 0 aliphatic heterocycles. The number of aliphatic hydroxyl groups excluding tert-OH is 2. The van der Waals surface area contributed by atoms with Crippen LogP contribution in [0.25, 0.3) is 0 Å². The summed E-state index contributed by atoms with van der Waals surface area (Å²) in [4.78, 5) is 0.454. The van der Waals surface area contributed by atoms with Gasteiger partial charge in [0, 0.05) is 18.7 Å². The van der Waals surface area contributed by atoms with E-state index in [2.05, 4.69) is 17.4 Å². The number of sulfone groups is 1. The number of rotatable bonds is 15. The molecule has 7 nitrogen and oxygen atoms in total. The molecule has 1 unspecified atom stereocenters. The van der Waals surface area contributed by atoms with Crippen LogP contribution in [0.1, 0.15) is 66.0 Å². The van der Waals surface area contributed by atoms with E-state index in [1.807, 2.05) is 30.3 Å². The fourth-order valence-electron chi connectivity index (χ4n) is 5.24. The van der Waals surface area contributed by atoms with Crippen LogP contribution in [-0.2, 0) is 40.6 Å². The van der Waals surface area contributed by atoms with E-state index in [0.29, 0.717) is 42.3 Å². The average molecular weight is 568 g/mol. The number of aromatic hydroxyl groups is 1. The number of aryl methyl sites for hydroxylation is 1. The van der Waals surface area contributed by atoms with Crippen LogP contribution >= 0.6 is 0 Å². The van der Waals surface area contributed by atoms with E-state index >= 15 is 0 Å². The van der Waals surface area contributed by atoms with Crippen LogP contribution < -0.4 is 5.32 Å². The second kappa shape index (κ2) is 14.8. The second-order valence-electron chi connectivity index (χ2n) is 10.6. The Kier molecular flexibility index (Phi) is 11.1. The minimum atomic E-state index is -3.23. The van der Waals surface area contributed by atoms with Crippen LogP contribution in [0.5, 0.6) is 5.75 Å². The zero-order valence-electron chi connectivity index (χ0n) is 23.0. The van der Waals surface area contributed by atoms with Gasteiger partial charge in [0.25, 0.3) is 0 Å². The Hall–Kier alpha value is -2.75. The fraction of sp³-hybridized carbons (Fsp3) is 0.438. The van der Waals surface area contributed by atoms with Crippen molar-refractivity contribution in [1.29, 1.82) is 0 Å². The summed E-state index contributed by atoms with van der Waals surface area (Å²) in [7, 11) is -3.23. The molecule has 1 atom stereocenters. The molecular weight excluding hydrogens is 526 g/mol. The van der Waals surface area contributed by atoms with Crippen molar-refractivity contribution < 1.29 is 28.5 Å². The molecular formula is C32H41NO6S. The SMILES string of the molecule is O=S(=O)(c1cccc(CCCOCc2cccc(CCNCC(O)c3ccc(O)c(CO)c3)c2)c1)C1CCCC1. The normalized spacial score (nSPS) is 14.9. The van der Waals surface area contributed by atoms with Crippen molar-refractivity contribution in [2.75, 3.05) is 19.7 Å². The summed E-state index contributed by atoms with van der Waals surface area (Å²) in [6.07, 6.45) is 5.21. The largest absolute Gasteiger partial charge is 0.508 e. The molecule has 3 aromatic carbocycles. The van der Waals surface area contributed by atoms with Crippen LogP contribution in [-0.4, -0.2) is 48.7 Å². The first-order chi connectivity index (χ1) is 19.4. The van der Waals surface area contributed by atoms with E-state index < -0.39 is 15.9 Å². The van der Waals surface area contributed by atoms with Gasteiger partial charge in [-0.2, -0.15) is 0 Å². The maximum Gasteiger partial charge on any atom is 0.181 e. The zero-order valence-corrected chi connectivity index (χ0v) is 23.8. The number of nitrogens with one attached hydrogen (secondary N) is 1. The molecule has 4 rings (SSSR count). The molecule has 1 aliphatic rings. The molecule has 1 fully saturated rings. The summed E-state index contributed by atoms with van der Waals surface area (Å²) in [6, 6.07) is 20.4. The summed E-state index contributed by atoms with van der Waals surface area (Å²) in [5, 5.41) is 32.4. The van der Waals surface area contributed by atoms with Gasteiger partial charge in [-0.1, -0.05) is 55.3 Å². The highest BCUT2D eigenvalue weighted by molar-refractivity contribution is 7.92. The van der Waals surface area contributed by atoms with Gasteiger partial charge in [-0.3, -0.25) is 0 Å². The maximum atomic E-state index is 12.9. The molecule has 40 heavy (non-hydrogen) atoms. The molecule has 0 amide bonds. The quantitative estimate of drug-likeness (QED) is 0.198. The summed E-state index contributed by atoms with van der Waals surface area (Å²) in [5.41, 5.74) is 4.35. The summed E-state index contributed by atoms with van der Waals surface area (Å²) in [6.45, 7) is 1.90. The summed E-state index contributed by atoms with van der Waals surface area (Å²) < 4.78 is 31.7. The number of phenols is 1. The summed E-state index contributed by atoms with van der Waals surface area (Å²) in [5.74, 6) is 0.0208. The Labute approximate surface area is 237 Å². The molecule has 4 N–H and O–H groups in total. The lowest BCUT2D eigenvalue weighted by molar-refractivity contribution is 0.118. The van der Waals surface area contributed by atoms with Gasteiger partial charge in [0.05, 0.1) is 29.5 Å². The average Bonchev–Trinajstić information content (AvgIpc) is 3.52. The highest BCUT2D eigenvalue weighted by atomic mass is 32.2. The second-order valence-corrected chi connectivity index (χ2v) is 12.8. The van der Waals surface area contributed by atoms with Crippen molar-refractivity contribution in [3.8, 4) is 5.75 Å². The topological polar surface area (TPSA) is 116 Å². The Morgan fingerprint density at radius 2 is 1.65 bits per heavy atom. The number of aliphatic hydroxyl groups is 2. The Morgan fingerprint density at radius 3 is 2.42 bits per heavy atom. The molecule has 1 saturated carbocycles. The van der Waals surface area contributed by atoms with Crippen molar-refractivity contribution in [2.24, 2.45) is 0 Å². The number of hydrogen-bond donors (Lipinski definition) is 4. The number of benzene rings is 3. The van der Waals surface area contributed by atoms with Gasteiger partial charge in [0.2, 0.25) is 0 Å². The van der Waals surface area contributed by atoms with Crippen molar-refractivity contribution in [2.45, 2.75) is 74.4 Å². The molecule has 1 aliphatic carbocycles. The van der Waals surface area contributed by atoms with E-state index in [-0.39, 0.29) is 17.6 Å².